The van der Waals surface area contributed by atoms with E-state index in [-0.39, 0.29) is 29.5 Å². The number of rotatable bonds is 8. The van der Waals surface area contributed by atoms with Crippen molar-refractivity contribution < 1.29 is 13.6 Å². The number of ketones is 1. The fourth-order valence-electron chi connectivity index (χ4n) is 3.57. The smallest absolute Gasteiger partial charge is 0.192 e. The molecule has 0 bridgehead atoms. The maximum Gasteiger partial charge on any atom is 0.192 e. The van der Waals surface area contributed by atoms with Crippen molar-refractivity contribution in [2.75, 3.05) is 0 Å². The highest BCUT2D eigenvalue weighted by molar-refractivity contribution is 6.74. The second kappa shape index (κ2) is 10.6. The van der Waals surface area contributed by atoms with Crippen LogP contribution in [0.4, 0.5) is 4.39 Å². The largest absolute Gasteiger partial charge is 0.412 e. The molecule has 0 aliphatic heterocycles. The summed E-state index contributed by atoms with van der Waals surface area (Å²) in [7, 11) is -2.10. The lowest BCUT2D eigenvalue weighted by molar-refractivity contribution is -0.116. The van der Waals surface area contributed by atoms with Crippen molar-refractivity contribution in [2.24, 2.45) is 0 Å². The fourth-order valence-corrected chi connectivity index (χ4v) is 4.92. The predicted octanol–water partition coefficient (Wildman–Crippen LogP) is 7.69. The van der Waals surface area contributed by atoms with Crippen LogP contribution in [0.2, 0.25) is 18.1 Å². The molecule has 0 N–H and O–H groups in total. The minimum Gasteiger partial charge on any atom is -0.412 e. The van der Waals surface area contributed by atoms with Gasteiger partial charge >= 0.3 is 0 Å². The van der Waals surface area contributed by atoms with Crippen LogP contribution >= 0.6 is 0 Å². The number of hydrogen-bond acceptors (Lipinski definition) is 3. The molecule has 3 nitrogen and oxygen atoms in total. The molecule has 0 saturated carbocycles. The second-order valence-electron chi connectivity index (χ2n) is 10.4. The van der Waals surface area contributed by atoms with Crippen molar-refractivity contribution in [3.8, 4) is 17.2 Å². The van der Waals surface area contributed by atoms with Crippen LogP contribution < -0.4 is 0 Å². The third-order valence-corrected chi connectivity index (χ3v) is 11.0. The quantitative estimate of drug-likeness (QED) is 0.296. The molecule has 5 heteroatoms. The minimum absolute atomic E-state index is 0.000787. The summed E-state index contributed by atoms with van der Waals surface area (Å²) < 4.78 is 20.2. The number of carbonyl (C=O) groups is 1. The lowest BCUT2D eigenvalue weighted by atomic mass is 9.92. The highest BCUT2D eigenvalue weighted by Crippen LogP contribution is 2.38. The van der Waals surface area contributed by atoms with Crippen molar-refractivity contribution in [1.82, 2.24) is 0 Å². The zero-order valence-electron chi connectivity index (χ0n) is 21.2. The van der Waals surface area contributed by atoms with Crippen LogP contribution in [0.25, 0.3) is 17.2 Å². The van der Waals surface area contributed by atoms with E-state index in [1.165, 1.54) is 6.07 Å². The Morgan fingerprint density at radius 2 is 1.82 bits per heavy atom. The van der Waals surface area contributed by atoms with Gasteiger partial charge in [0, 0.05) is 6.42 Å². The summed E-state index contributed by atoms with van der Waals surface area (Å²) in [4.78, 5) is 12.9. The summed E-state index contributed by atoms with van der Waals surface area (Å²) in [5, 5.41) is 9.25. The van der Waals surface area contributed by atoms with E-state index in [4.69, 9.17) is 4.43 Å². The highest BCUT2D eigenvalue weighted by atomic mass is 28.4. The summed E-state index contributed by atoms with van der Waals surface area (Å²) >= 11 is 0. The Balaban J connectivity index is 2.31. The molecule has 0 spiro atoms. The number of nitriles is 1. The van der Waals surface area contributed by atoms with Gasteiger partial charge in [0.05, 0.1) is 18.6 Å². The van der Waals surface area contributed by atoms with E-state index in [0.717, 1.165) is 27.8 Å². The van der Waals surface area contributed by atoms with Gasteiger partial charge in [0.15, 0.2) is 14.1 Å². The van der Waals surface area contributed by atoms with E-state index in [9.17, 15) is 14.4 Å². The number of allylic oxidation sites excluding steroid dienone is 1. The molecule has 0 amide bonds. The van der Waals surface area contributed by atoms with E-state index >= 15 is 0 Å². The van der Waals surface area contributed by atoms with E-state index in [0.29, 0.717) is 5.56 Å². The van der Waals surface area contributed by atoms with Gasteiger partial charge in [-0.3, -0.25) is 4.79 Å². The third kappa shape index (κ3) is 6.96. The van der Waals surface area contributed by atoms with Crippen molar-refractivity contribution in [3.63, 3.8) is 0 Å². The molecule has 2 rings (SSSR count). The highest BCUT2D eigenvalue weighted by Gasteiger charge is 2.39. The number of halogens is 1. The zero-order valence-corrected chi connectivity index (χ0v) is 22.2. The Morgan fingerprint density at radius 1 is 1.15 bits per heavy atom. The Labute approximate surface area is 199 Å². The first-order chi connectivity index (χ1) is 15.2. The normalized spacial score (nSPS) is 13.2. The number of aryl methyl sites for hydroxylation is 3. The fraction of sp³-hybridized carbons (Fsp3) is 0.429. The van der Waals surface area contributed by atoms with Crippen LogP contribution in [0.1, 0.15) is 55.9 Å². The molecule has 0 aliphatic carbocycles. The van der Waals surface area contributed by atoms with Gasteiger partial charge < -0.3 is 4.43 Å². The number of carbonyl (C=O) groups excluding carboxylic acids is 1. The van der Waals surface area contributed by atoms with Crippen LogP contribution in [-0.2, 0) is 9.22 Å². The SMILES string of the molecule is Cc1cc(C)c(/C=C/C(=O)C[C@H](CC#N)O[Si](C)(C)C(C)(C)C)c(-c2ccc(F)c(C)c2)c1. The van der Waals surface area contributed by atoms with Crippen molar-refractivity contribution in [1.29, 1.82) is 5.26 Å². The summed E-state index contributed by atoms with van der Waals surface area (Å²) in [6, 6.07) is 11.4. The molecule has 0 saturated heterocycles. The molecular weight excluding hydrogens is 429 g/mol. The minimum atomic E-state index is -2.10. The van der Waals surface area contributed by atoms with Crippen LogP contribution in [0.5, 0.6) is 0 Å². The van der Waals surface area contributed by atoms with Gasteiger partial charge in [-0.15, -0.1) is 0 Å². The first kappa shape index (κ1) is 26.7. The van der Waals surface area contributed by atoms with Crippen LogP contribution in [0, 0.1) is 37.9 Å². The topological polar surface area (TPSA) is 50.1 Å². The summed E-state index contributed by atoms with van der Waals surface area (Å²) in [6.45, 7) is 16.5. The molecule has 2 aromatic carbocycles. The lowest BCUT2D eigenvalue weighted by Gasteiger charge is -2.38. The van der Waals surface area contributed by atoms with Gasteiger partial charge in [-0.05, 0) is 84.9 Å². The van der Waals surface area contributed by atoms with Crippen LogP contribution in [0.15, 0.2) is 36.4 Å². The summed E-state index contributed by atoms with van der Waals surface area (Å²) in [5.41, 5.74) is 5.54. The monoisotopic (exact) mass is 465 g/mol. The van der Waals surface area contributed by atoms with E-state index in [1.54, 1.807) is 19.1 Å². The number of hydrogen-bond donors (Lipinski definition) is 0. The van der Waals surface area contributed by atoms with Crippen molar-refractivity contribution >= 4 is 20.2 Å². The van der Waals surface area contributed by atoms with Crippen LogP contribution in [0.3, 0.4) is 0 Å². The molecule has 0 aliphatic rings. The molecule has 0 aromatic heterocycles. The third-order valence-electron chi connectivity index (χ3n) is 6.45. The van der Waals surface area contributed by atoms with Crippen LogP contribution in [-0.4, -0.2) is 20.2 Å². The van der Waals surface area contributed by atoms with Crippen molar-refractivity contribution in [3.05, 3.63) is 64.5 Å². The average molecular weight is 466 g/mol. The average Bonchev–Trinajstić information content (AvgIpc) is 2.68. The number of nitrogens with zero attached hydrogens (tertiary/aromatic N) is 1. The molecular formula is C28H36FNO2Si. The molecule has 0 fully saturated rings. The molecule has 0 heterocycles. The first-order valence-electron chi connectivity index (χ1n) is 11.4. The Hall–Kier alpha value is -2.55. The van der Waals surface area contributed by atoms with Gasteiger partial charge in [-0.1, -0.05) is 50.6 Å². The molecule has 33 heavy (non-hydrogen) atoms. The molecule has 2 aromatic rings. The summed E-state index contributed by atoms with van der Waals surface area (Å²) in [6.07, 6.45) is 3.37. The molecule has 1 atom stereocenters. The van der Waals surface area contributed by atoms with Gasteiger partial charge in [0.2, 0.25) is 0 Å². The predicted molar refractivity (Wildman–Crippen MR) is 137 cm³/mol. The Morgan fingerprint density at radius 3 is 2.39 bits per heavy atom. The molecule has 0 radical (unpaired) electrons. The van der Waals surface area contributed by atoms with E-state index in [1.807, 2.05) is 26.0 Å². The standard InChI is InChI=1S/C28H36FNO2Si/c1-19-15-20(2)25(26(16-19)22-9-12-27(29)21(3)17-22)11-10-23(31)18-24(13-14-30)32-33(7,8)28(4,5)6/h9-12,15-17,24H,13,18H2,1-8H3/b11-10+/t24-/m0/s1. The first-order valence-corrected chi connectivity index (χ1v) is 14.3. The van der Waals surface area contributed by atoms with Gasteiger partial charge in [0.25, 0.3) is 0 Å². The zero-order chi connectivity index (χ0) is 25.0. The lowest BCUT2D eigenvalue weighted by Crippen LogP contribution is -2.44. The van der Waals surface area contributed by atoms with Gasteiger partial charge in [0.1, 0.15) is 5.82 Å². The van der Waals surface area contributed by atoms with E-state index in [2.05, 4.69) is 52.1 Å². The maximum atomic E-state index is 13.8. The Kier molecular flexibility index (Phi) is 8.56. The second-order valence-corrected chi connectivity index (χ2v) is 15.1. The Bertz CT molecular complexity index is 1090. The molecule has 0 unspecified atom stereocenters. The van der Waals surface area contributed by atoms with Gasteiger partial charge in [-0.25, -0.2) is 4.39 Å². The maximum absolute atomic E-state index is 13.8. The molecule has 176 valence electrons. The summed E-state index contributed by atoms with van der Waals surface area (Å²) in [5.74, 6) is -0.309. The van der Waals surface area contributed by atoms with Gasteiger partial charge in [-0.2, -0.15) is 5.26 Å². The number of benzene rings is 2. The van der Waals surface area contributed by atoms with Crippen molar-refractivity contribution in [2.45, 2.75) is 78.6 Å². The van der Waals surface area contributed by atoms with E-state index < -0.39 is 14.4 Å².